The van der Waals surface area contributed by atoms with Gasteiger partial charge in [-0.15, -0.1) is 0 Å². The standard InChI is InChI=1S/C3H6N2O2S/c4-5-2(1-8)3(6)7/h2,4,8H,1H2,(H,6,7)/t2-/m1/s1. The molecule has 46 valence electrons. The van der Waals surface area contributed by atoms with Crippen LogP contribution in [-0.2, 0) is 4.79 Å². The molecule has 0 amide bonds. The van der Waals surface area contributed by atoms with Crippen LogP contribution in [0.1, 0.15) is 0 Å². The smallest absolute Gasteiger partial charge is 0.331 e. The Morgan fingerprint density at radius 2 is 2.50 bits per heavy atom. The minimum atomic E-state index is -1.10. The van der Waals surface area contributed by atoms with Gasteiger partial charge < -0.3 is 5.11 Å². The van der Waals surface area contributed by atoms with Crippen molar-refractivity contribution in [2.75, 3.05) is 5.75 Å². The Balaban J connectivity index is 3.69. The fraction of sp³-hybridized carbons (Fsp3) is 0.667. The average Bonchev–Trinajstić information content (AvgIpc) is 1.69. The molecule has 0 radical (unpaired) electrons. The van der Waals surface area contributed by atoms with Crippen LogP contribution in [0.5, 0.6) is 0 Å². The Morgan fingerprint density at radius 3 is 2.50 bits per heavy atom. The zero-order chi connectivity index (χ0) is 6.57. The van der Waals surface area contributed by atoms with Gasteiger partial charge in [0.05, 0.1) is 0 Å². The van der Waals surface area contributed by atoms with Crippen molar-refractivity contribution in [3.8, 4) is 0 Å². The lowest BCUT2D eigenvalue weighted by molar-refractivity contribution is -0.138. The van der Waals surface area contributed by atoms with E-state index in [-0.39, 0.29) is 5.75 Å². The summed E-state index contributed by atoms with van der Waals surface area (Å²) in [5.74, 6) is -1.02. The van der Waals surface area contributed by atoms with E-state index in [4.69, 9.17) is 10.6 Å². The molecule has 0 aliphatic carbocycles. The minimum Gasteiger partial charge on any atom is -0.480 e. The summed E-state index contributed by atoms with van der Waals surface area (Å²) in [6.45, 7) is 0. The topological polar surface area (TPSA) is 73.5 Å². The molecule has 5 heteroatoms. The van der Waals surface area contributed by atoms with Gasteiger partial charge in [-0.3, -0.25) is 0 Å². The van der Waals surface area contributed by atoms with Crippen molar-refractivity contribution in [3.05, 3.63) is 0 Å². The molecule has 8 heavy (non-hydrogen) atoms. The third kappa shape index (κ3) is 1.92. The summed E-state index contributed by atoms with van der Waals surface area (Å²) in [7, 11) is 0. The van der Waals surface area contributed by atoms with E-state index in [1.54, 1.807) is 0 Å². The van der Waals surface area contributed by atoms with Gasteiger partial charge in [0.25, 0.3) is 0 Å². The lowest BCUT2D eigenvalue weighted by Crippen LogP contribution is -2.18. The van der Waals surface area contributed by atoms with Crippen molar-refractivity contribution in [1.29, 1.82) is 5.53 Å². The molecule has 0 rings (SSSR count). The summed E-state index contributed by atoms with van der Waals surface area (Å²) in [6, 6.07) is -0.974. The summed E-state index contributed by atoms with van der Waals surface area (Å²) in [5, 5.41) is 10.9. The number of aliphatic carboxylic acids is 1. The minimum absolute atomic E-state index is 0.0822. The molecule has 0 fully saturated rings. The highest BCUT2D eigenvalue weighted by atomic mass is 32.1. The third-order valence-corrected chi connectivity index (χ3v) is 0.960. The number of hydrogen-bond acceptors (Lipinski definition) is 4. The first-order valence-electron chi connectivity index (χ1n) is 1.92. The molecule has 0 unspecified atom stereocenters. The van der Waals surface area contributed by atoms with Crippen molar-refractivity contribution < 1.29 is 9.90 Å². The van der Waals surface area contributed by atoms with Crippen LogP contribution in [0.4, 0.5) is 0 Å². The molecule has 0 heterocycles. The fourth-order valence-corrected chi connectivity index (χ4v) is 0.412. The van der Waals surface area contributed by atoms with Crippen molar-refractivity contribution >= 4 is 18.6 Å². The normalized spacial score (nSPS) is 12.6. The van der Waals surface area contributed by atoms with Gasteiger partial charge in [0.15, 0.2) is 6.04 Å². The van der Waals surface area contributed by atoms with Gasteiger partial charge >= 0.3 is 5.97 Å². The monoisotopic (exact) mass is 134 g/mol. The van der Waals surface area contributed by atoms with Crippen LogP contribution >= 0.6 is 12.6 Å². The quantitative estimate of drug-likeness (QED) is 0.386. The van der Waals surface area contributed by atoms with Gasteiger partial charge in [0.1, 0.15) is 0 Å². The van der Waals surface area contributed by atoms with Crippen LogP contribution in [0.3, 0.4) is 0 Å². The van der Waals surface area contributed by atoms with Gasteiger partial charge in [0, 0.05) is 5.75 Å². The molecule has 0 saturated carbocycles. The maximum absolute atomic E-state index is 9.90. The Morgan fingerprint density at radius 1 is 2.00 bits per heavy atom. The Bertz CT molecular complexity index is 105. The number of nitrogens with zero attached hydrogens (tertiary/aromatic N) is 1. The maximum Gasteiger partial charge on any atom is 0.331 e. The number of carboxylic acid groups (broad SMARTS) is 1. The van der Waals surface area contributed by atoms with Crippen LogP contribution in [0.15, 0.2) is 5.11 Å². The molecule has 0 spiro atoms. The summed E-state index contributed by atoms with van der Waals surface area (Å²) >= 11 is 3.64. The highest BCUT2D eigenvalue weighted by Gasteiger charge is 2.11. The van der Waals surface area contributed by atoms with E-state index in [0.717, 1.165) is 0 Å². The highest BCUT2D eigenvalue weighted by molar-refractivity contribution is 7.80. The van der Waals surface area contributed by atoms with Crippen LogP contribution in [0, 0.1) is 5.53 Å². The van der Waals surface area contributed by atoms with Gasteiger partial charge in [-0.1, -0.05) is 0 Å². The number of carbonyl (C=O) groups is 1. The van der Waals surface area contributed by atoms with Gasteiger partial charge in [-0.2, -0.15) is 17.7 Å². The fourth-order valence-electron chi connectivity index (χ4n) is 0.174. The van der Waals surface area contributed by atoms with E-state index in [9.17, 15) is 4.79 Å². The molecule has 0 aliphatic heterocycles. The van der Waals surface area contributed by atoms with E-state index in [1.807, 2.05) is 0 Å². The van der Waals surface area contributed by atoms with Gasteiger partial charge in [-0.05, 0) is 0 Å². The molecule has 0 aromatic heterocycles. The first kappa shape index (κ1) is 7.42. The number of thiol groups is 1. The summed E-state index contributed by atoms with van der Waals surface area (Å²) in [5.41, 5.74) is 6.29. The Kier molecular flexibility index (Phi) is 3.18. The van der Waals surface area contributed by atoms with Gasteiger partial charge in [0.2, 0.25) is 0 Å². The summed E-state index contributed by atoms with van der Waals surface area (Å²) in [6.07, 6.45) is 0. The summed E-state index contributed by atoms with van der Waals surface area (Å²) in [4.78, 5) is 9.90. The molecular formula is C3H6N2O2S. The van der Waals surface area contributed by atoms with E-state index in [2.05, 4.69) is 17.7 Å². The van der Waals surface area contributed by atoms with Crippen molar-refractivity contribution in [2.45, 2.75) is 6.04 Å². The maximum atomic E-state index is 9.90. The van der Waals surface area contributed by atoms with E-state index in [0.29, 0.717) is 0 Å². The Labute approximate surface area is 51.8 Å². The predicted octanol–water partition coefficient (Wildman–Crippen LogP) is 0.400. The molecule has 0 bridgehead atoms. The molecule has 0 saturated heterocycles. The van der Waals surface area contributed by atoms with Crippen LogP contribution in [0.25, 0.3) is 0 Å². The first-order valence-corrected chi connectivity index (χ1v) is 2.56. The molecule has 1 atom stereocenters. The van der Waals surface area contributed by atoms with Crippen LogP contribution in [-0.4, -0.2) is 22.9 Å². The van der Waals surface area contributed by atoms with Crippen molar-refractivity contribution in [1.82, 2.24) is 0 Å². The molecule has 2 N–H and O–H groups in total. The zero-order valence-corrected chi connectivity index (χ0v) is 4.93. The second kappa shape index (κ2) is 3.43. The molecule has 4 nitrogen and oxygen atoms in total. The lowest BCUT2D eigenvalue weighted by atomic mass is 10.4. The molecular weight excluding hydrogens is 128 g/mol. The van der Waals surface area contributed by atoms with Crippen molar-refractivity contribution in [3.63, 3.8) is 0 Å². The lowest BCUT2D eigenvalue weighted by Gasteiger charge is -1.96. The summed E-state index contributed by atoms with van der Waals surface area (Å²) < 4.78 is 0. The van der Waals surface area contributed by atoms with Crippen molar-refractivity contribution in [2.24, 2.45) is 5.11 Å². The first-order chi connectivity index (χ1) is 3.72. The largest absolute Gasteiger partial charge is 0.480 e. The zero-order valence-electron chi connectivity index (χ0n) is 4.03. The molecule has 0 aromatic carbocycles. The SMILES string of the molecule is N=N[C@H](CS)C(=O)O. The number of rotatable bonds is 3. The highest BCUT2D eigenvalue weighted by Crippen LogP contribution is 1.91. The second-order valence-corrected chi connectivity index (χ2v) is 1.53. The third-order valence-electron chi connectivity index (χ3n) is 0.614. The number of hydrogen-bond donors (Lipinski definition) is 3. The molecule has 0 aromatic rings. The number of nitrogens with one attached hydrogen (secondary N) is 1. The van der Waals surface area contributed by atoms with Gasteiger partial charge in [-0.25, -0.2) is 10.3 Å². The van der Waals surface area contributed by atoms with Crippen LogP contribution < -0.4 is 0 Å². The molecule has 0 aliphatic rings. The van der Waals surface area contributed by atoms with E-state index in [1.165, 1.54) is 0 Å². The average molecular weight is 134 g/mol. The number of carboxylic acids is 1. The van der Waals surface area contributed by atoms with E-state index >= 15 is 0 Å². The van der Waals surface area contributed by atoms with Crippen LogP contribution in [0.2, 0.25) is 0 Å². The van der Waals surface area contributed by atoms with E-state index < -0.39 is 12.0 Å². The second-order valence-electron chi connectivity index (χ2n) is 1.17. The predicted molar refractivity (Wildman–Crippen MR) is 30.4 cm³/mol. The Hall–Kier alpha value is -0.580.